The molecule has 2 amide bonds. The molecule has 0 spiro atoms. The van der Waals surface area contributed by atoms with E-state index in [4.69, 9.17) is 4.74 Å². The third-order valence-electron chi connectivity index (χ3n) is 9.36. The monoisotopic (exact) mass is 539 g/mol. The molecule has 2 aromatic carbocycles. The molecular weight excluding hydrogens is 502 g/mol. The lowest BCUT2D eigenvalue weighted by molar-refractivity contribution is -0.120. The van der Waals surface area contributed by atoms with Crippen LogP contribution in [0, 0.1) is 23.7 Å². The van der Waals surface area contributed by atoms with Gasteiger partial charge in [0.05, 0.1) is 12.3 Å². The van der Waals surface area contributed by atoms with Gasteiger partial charge in [0.15, 0.2) is 0 Å². The summed E-state index contributed by atoms with van der Waals surface area (Å²) in [6.45, 7) is 6.74. The predicted octanol–water partition coefficient (Wildman–Crippen LogP) is 4.09. The highest BCUT2D eigenvalue weighted by Crippen LogP contribution is 2.66. The number of para-hydroxylation sites is 1. The van der Waals surface area contributed by atoms with Gasteiger partial charge in [0, 0.05) is 30.2 Å². The van der Waals surface area contributed by atoms with Gasteiger partial charge in [-0.2, -0.15) is 4.31 Å². The largest absolute Gasteiger partial charge is 0.445 e. The van der Waals surface area contributed by atoms with E-state index in [1.54, 1.807) is 4.90 Å². The Morgan fingerprint density at radius 2 is 1.79 bits per heavy atom. The van der Waals surface area contributed by atoms with E-state index in [9.17, 15) is 18.0 Å². The lowest BCUT2D eigenvalue weighted by Gasteiger charge is -2.44. The van der Waals surface area contributed by atoms with Gasteiger partial charge in [-0.25, -0.2) is 13.2 Å². The number of aryl methyl sites for hydroxylation is 1. The number of piperazine rings is 1. The van der Waals surface area contributed by atoms with Crippen LogP contribution in [-0.2, 0) is 26.2 Å². The first kappa shape index (κ1) is 26.7. The molecule has 3 aliphatic rings. The number of alkyl carbamates (subject to hydrolysis) is 1. The number of rotatable bonds is 7. The second-order valence-corrected chi connectivity index (χ2v) is 13.5. The van der Waals surface area contributed by atoms with E-state index >= 15 is 0 Å². The molecule has 1 saturated heterocycles. The molecule has 5 rings (SSSR count). The summed E-state index contributed by atoms with van der Waals surface area (Å²) in [5, 5.41) is 3.03. The third-order valence-corrected chi connectivity index (χ3v) is 11.3. The van der Waals surface area contributed by atoms with Gasteiger partial charge in [-0.15, -0.1) is 0 Å². The first-order valence-electron chi connectivity index (χ1n) is 13.3. The van der Waals surface area contributed by atoms with Crippen LogP contribution in [0.15, 0.2) is 54.6 Å². The SMILES string of the molecule is Cc1ccccc1N1CCN(S(=O)(=O)CC23CCC(CC2NC(=O)OCc2ccccc2)C3(C)C)CC1=O. The summed E-state index contributed by atoms with van der Waals surface area (Å²) in [7, 11) is -3.76. The quantitative estimate of drug-likeness (QED) is 0.572. The summed E-state index contributed by atoms with van der Waals surface area (Å²) in [6.07, 6.45) is 1.84. The number of benzene rings is 2. The molecule has 204 valence electrons. The van der Waals surface area contributed by atoms with Crippen molar-refractivity contribution in [3.63, 3.8) is 0 Å². The molecule has 1 heterocycles. The maximum absolute atomic E-state index is 13.8. The van der Waals surface area contributed by atoms with Gasteiger partial charge in [-0.3, -0.25) is 4.79 Å². The maximum Gasteiger partial charge on any atom is 0.407 e. The summed E-state index contributed by atoms with van der Waals surface area (Å²) in [5.41, 5.74) is 1.79. The van der Waals surface area contributed by atoms with E-state index in [1.165, 1.54) is 4.31 Å². The smallest absolute Gasteiger partial charge is 0.407 e. The van der Waals surface area contributed by atoms with Crippen molar-refractivity contribution in [2.75, 3.05) is 30.3 Å². The van der Waals surface area contributed by atoms with Gasteiger partial charge in [0.1, 0.15) is 6.61 Å². The highest BCUT2D eigenvalue weighted by Gasteiger charge is 2.66. The Kier molecular flexibility index (Phi) is 7.02. The van der Waals surface area contributed by atoms with E-state index in [0.29, 0.717) is 18.9 Å². The van der Waals surface area contributed by atoms with Crippen LogP contribution in [0.3, 0.4) is 0 Å². The van der Waals surface area contributed by atoms with Crippen molar-refractivity contribution < 1.29 is 22.7 Å². The summed E-state index contributed by atoms with van der Waals surface area (Å²) in [4.78, 5) is 27.5. The van der Waals surface area contributed by atoms with Gasteiger partial charge < -0.3 is 15.0 Å². The number of amides is 2. The predicted molar refractivity (Wildman–Crippen MR) is 146 cm³/mol. The molecule has 9 heteroatoms. The lowest BCUT2D eigenvalue weighted by Crippen LogP contribution is -2.57. The highest BCUT2D eigenvalue weighted by molar-refractivity contribution is 7.89. The van der Waals surface area contributed by atoms with Crippen LogP contribution in [0.4, 0.5) is 10.5 Å². The van der Waals surface area contributed by atoms with Crippen molar-refractivity contribution in [3.8, 4) is 0 Å². The van der Waals surface area contributed by atoms with Crippen molar-refractivity contribution in [1.29, 1.82) is 0 Å². The Hall–Kier alpha value is -2.91. The summed E-state index contributed by atoms with van der Waals surface area (Å²) in [5.74, 6) is 0.00236. The number of ether oxygens (including phenoxy) is 1. The Labute approximate surface area is 225 Å². The highest BCUT2D eigenvalue weighted by atomic mass is 32.2. The Morgan fingerprint density at radius 1 is 1.08 bits per heavy atom. The van der Waals surface area contributed by atoms with Crippen LogP contribution < -0.4 is 10.2 Å². The van der Waals surface area contributed by atoms with Gasteiger partial charge in [0.25, 0.3) is 0 Å². The van der Waals surface area contributed by atoms with Crippen LogP contribution in [-0.4, -0.2) is 56.2 Å². The first-order valence-corrected chi connectivity index (χ1v) is 15.0. The van der Waals surface area contributed by atoms with E-state index in [0.717, 1.165) is 29.7 Å². The molecule has 1 N–H and O–H groups in total. The number of sulfonamides is 1. The van der Waals surface area contributed by atoms with E-state index in [-0.39, 0.29) is 42.8 Å². The van der Waals surface area contributed by atoms with Crippen molar-refractivity contribution in [1.82, 2.24) is 9.62 Å². The lowest BCUT2D eigenvalue weighted by atomic mass is 9.69. The average molecular weight is 540 g/mol. The first-order chi connectivity index (χ1) is 18.0. The van der Waals surface area contributed by atoms with E-state index in [1.807, 2.05) is 61.5 Å². The number of hydrogen-bond donors (Lipinski definition) is 1. The molecule has 0 aromatic heterocycles. The zero-order valence-electron chi connectivity index (χ0n) is 22.4. The molecule has 2 aliphatic carbocycles. The number of carbonyl (C=O) groups is 2. The van der Waals surface area contributed by atoms with Gasteiger partial charge in [-0.05, 0) is 54.7 Å². The second-order valence-electron chi connectivity index (χ2n) is 11.5. The minimum Gasteiger partial charge on any atom is -0.445 e. The molecule has 2 aromatic rings. The van der Waals surface area contributed by atoms with Crippen LogP contribution in [0.2, 0.25) is 0 Å². The standard InChI is InChI=1S/C29H37N3O5S/c1-21-9-7-8-12-24(21)32-16-15-31(18-26(32)33)38(35,36)20-29-14-13-23(28(29,2)3)17-25(29)30-27(34)37-19-22-10-5-4-6-11-22/h4-12,23,25H,13-20H2,1-3H3,(H,30,34). The fourth-order valence-electron chi connectivity index (χ4n) is 6.96. The van der Waals surface area contributed by atoms with Crippen LogP contribution >= 0.6 is 0 Å². The van der Waals surface area contributed by atoms with Gasteiger partial charge >= 0.3 is 6.09 Å². The Bertz CT molecular complexity index is 1310. The average Bonchev–Trinajstić information content (AvgIpc) is 3.23. The zero-order valence-corrected chi connectivity index (χ0v) is 23.2. The van der Waals surface area contributed by atoms with Gasteiger partial charge in [0.2, 0.25) is 15.9 Å². The molecule has 38 heavy (non-hydrogen) atoms. The van der Waals surface area contributed by atoms with Crippen molar-refractivity contribution in [2.24, 2.45) is 16.7 Å². The molecule has 8 nitrogen and oxygen atoms in total. The summed E-state index contributed by atoms with van der Waals surface area (Å²) in [6, 6.07) is 16.8. The van der Waals surface area contributed by atoms with Gasteiger partial charge in [-0.1, -0.05) is 62.4 Å². The number of carbonyl (C=O) groups excluding carboxylic acids is 2. The number of fused-ring (bicyclic) bond motifs is 2. The Balaban J connectivity index is 1.29. The van der Waals surface area contributed by atoms with E-state index in [2.05, 4.69) is 19.2 Å². The molecule has 3 unspecified atom stereocenters. The molecule has 0 radical (unpaired) electrons. The fraction of sp³-hybridized carbons (Fsp3) is 0.517. The molecular formula is C29H37N3O5S. The van der Waals surface area contributed by atoms with Crippen LogP contribution in [0.5, 0.6) is 0 Å². The minimum atomic E-state index is -3.76. The van der Waals surface area contributed by atoms with Crippen molar-refractivity contribution >= 4 is 27.7 Å². The van der Waals surface area contributed by atoms with Crippen molar-refractivity contribution in [2.45, 2.75) is 52.7 Å². The van der Waals surface area contributed by atoms with Crippen LogP contribution in [0.1, 0.15) is 44.2 Å². The number of anilines is 1. The van der Waals surface area contributed by atoms with Crippen LogP contribution in [0.25, 0.3) is 0 Å². The molecule has 2 bridgehead atoms. The minimum absolute atomic E-state index is 0.0925. The zero-order chi connectivity index (χ0) is 27.1. The Morgan fingerprint density at radius 3 is 2.47 bits per heavy atom. The maximum atomic E-state index is 13.8. The summed E-state index contributed by atoms with van der Waals surface area (Å²) < 4.78 is 34.5. The normalized spacial score (nSPS) is 26.9. The van der Waals surface area contributed by atoms with E-state index < -0.39 is 21.5 Å². The number of nitrogens with one attached hydrogen (secondary N) is 1. The topological polar surface area (TPSA) is 96.0 Å². The third kappa shape index (κ3) is 4.71. The molecule has 3 fully saturated rings. The number of nitrogens with zero attached hydrogens (tertiary/aromatic N) is 2. The summed E-state index contributed by atoms with van der Waals surface area (Å²) >= 11 is 0. The molecule has 1 aliphatic heterocycles. The molecule has 2 saturated carbocycles. The fourth-order valence-corrected chi connectivity index (χ4v) is 9.17. The van der Waals surface area contributed by atoms with Crippen molar-refractivity contribution in [3.05, 3.63) is 65.7 Å². The molecule has 3 atom stereocenters. The number of hydrogen-bond acceptors (Lipinski definition) is 5. The second kappa shape index (κ2) is 10.0.